The summed E-state index contributed by atoms with van der Waals surface area (Å²) >= 11 is 1.87. The molecule has 0 fully saturated rings. The topological polar surface area (TPSA) is 16.4 Å². The Balaban J connectivity index is 1.21. The zero-order chi connectivity index (χ0) is 38.9. The molecule has 0 bridgehead atoms. The van der Waals surface area contributed by atoms with Crippen LogP contribution in [-0.4, -0.2) is 0 Å². The molecule has 0 atom stereocenters. The SMILES string of the molecule is c1ccc(-c2c(N(c3cccc(-c4cccc5oc6ccccc6c45)c3)c3ccccc3-c3cccc4c3sc3ccccc34)c3ccccc3c3ccccc23)cc1. The van der Waals surface area contributed by atoms with Crippen LogP contribution in [0.3, 0.4) is 0 Å². The second-order valence-corrected chi connectivity index (χ2v) is 16.2. The minimum atomic E-state index is 0.889. The van der Waals surface area contributed by atoms with Crippen LogP contribution in [-0.2, 0) is 0 Å². The minimum Gasteiger partial charge on any atom is -0.456 e. The van der Waals surface area contributed by atoms with Crippen molar-refractivity contribution in [2.45, 2.75) is 0 Å². The highest BCUT2D eigenvalue weighted by atomic mass is 32.1. The van der Waals surface area contributed by atoms with Gasteiger partial charge in [0.25, 0.3) is 0 Å². The maximum absolute atomic E-state index is 6.40. The van der Waals surface area contributed by atoms with E-state index in [1.165, 1.54) is 64.0 Å². The van der Waals surface area contributed by atoms with Crippen molar-refractivity contribution in [2.24, 2.45) is 0 Å². The van der Waals surface area contributed by atoms with Crippen LogP contribution in [0.2, 0.25) is 0 Å². The van der Waals surface area contributed by atoms with Gasteiger partial charge in [-0.05, 0) is 69.2 Å². The molecule has 12 rings (SSSR count). The van der Waals surface area contributed by atoms with Crippen LogP contribution in [0.5, 0.6) is 0 Å². The fraction of sp³-hybridized carbons (Fsp3) is 0. The zero-order valence-electron chi connectivity index (χ0n) is 32.0. The van der Waals surface area contributed by atoms with Gasteiger partial charge in [-0.25, -0.2) is 0 Å². The summed E-state index contributed by atoms with van der Waals surface area (Å²) in [6.45, 7) is 0. The lowest BCUT2D eigenvalue weighted by atomic mass is 9.89. The number of furan rings is 1. The van der Waals surface area contributed by atoms with E-state index in [4.69, 9.17) is 4.42 Å². The number of nitrogens with zero attached hydrogens (tertiary/aromatic N) is 1. The smallest absolute Gasteiger partial charge is 0.136 e. The van der Waals surface area contributed by atoms with E-state index in [9.17, 15) is 0 Å². The number of anilines is 3. The van der Waals surface area contributed by atoms with Gasteiger partial charge in [0.1, 0.15) is 11.2 Å². The van der Waals surface area contributed by atoms with Gasteiger partial charge in [-0.2, -0.15) is 0 Å². The summed E-state index contributed by atoms with van der Waals surface area (Å²) in [6.07, 6.45) is 0. The lowest BCUT2D eigenvalue weighted by molar-refractivity contribution is 0.669. The van der Waals surface area contributed by atoms with E-state index in [2.05, 4.69) is 211 Å². The number of para-hydroxylation sites is 2. The molecule has 0 aliphatic carbocycles. The molecule has 0 saturated carbocycles. The first-order chi connectivity index (χ1) is 29.3. The average molecular weight is 770 g/mol. The molecule has 0 aliphatic heterocycles. The molecule has 0 spiro atoms. The number of thiophene rings is 1. The molecule has 0 aliphatic rings. The average Bonchev–Trinajstić information content (AvgIpc) is 3.89. The van der Waals surface area contributed by atoms with Gasteiger partial charge in [0.05, 0.1) is 11.4 Å². The van der Waals surface area contributed by atoms with Crippen molar-refractivity contribution in [3.8, 4) is 33.4 Å². The van der Waals surface area contributed by atoms with Crippen LogP contribution in [0.15, 0.2) is 217 Å². The molecule has 59 heavy (non-hydrogen) atoms. The lowest BCUT2D eigenvalue weighted by Gasteiger charge is -2.32. The first kappa shape index (κ1) is 33.7. The van der Waals surface area contributed by atoms with Crippen LogP contribution in [0.4, 0.5) is 17.1 Å². The van der Waals surface area contributed by atoms with Gasteiger partial charge >= 0.3 is 0 Å². The number of hydrogen-bond donors (Lipinski definition) is 0. The van der Waals surface area contributed by atoms with Crippen molar-refractivity contribution < 1.29 is 4.42 Å². The van der Waals surface area contributed by atoms with E-state index in [0.717, 1.165) is 50.1 Å². The number of rotatable bonds is 6. The zero-order valence-corrected chi connectivity index (χ0v) is 32.8. The molecule has 0 unspecified atom stereocenters. The lowest BCUT2D eigenvalue weighted by Crippen LogP contribution is -2.13. The van der Waals surface area contributed by atoms with Crippen molar-refractivity contribution in [3.63, 3.8) is 0 Å². The summed E-state index contributed by atoms with van der Waals surface area (Å²) < 4.78 is 8.98. The Morgan fingerprint density at radius 3 is 1.81 bits per heavy atom. The molecular formula is C56H35NOS. The highest BCUT2D eigenvalue weighted by Crippen LogP contribution is 2.53. The Morgan fingerprint density at radius 2 is 0.949 bits per heavy atom. The van der Waals surface area contributed by atoms with Gasteiger partial charge in [-0.3, -0.25) is 0 Å². The maximum Gasteiger partial charge on any atom is 0.136 e. The third-order valence-electron chi connectivity index (χ3n) is 11.8. The molecule has 276 valence electrons. The molecule has 2 nitrogen and oxygen atoms in total. The highest BCUT2D eigenvalue weighted by molar-refractivity contribution is 7.26. The molecule has 12 aromatic rings. The Hall–Kier alpha value is -7.46. The van der Waals surface area contributed by atoms with E-state index in [0.29, 0.717) is 0 Å². The van der Waals surface area contributed by atoms with Crippen LogP contribution in [0, 0.1) is 0 Å². The normalized spacial score (nSPS) is 11.7. The number of hydrogen-bond acceptors (Lipinski definition) is 3. The Bertz CT molecular complexity index is 3580. The highest BCUT2D eigenvalue weighted by Gasteiger charge is 2.26. The molecule has 2 heterocycles. The van der Waals surface area contributed by atoms with E-state index < -0.39 is 0 Å². The first-order valence-corrected chi connectivity index (χ1v) is 20.9. The van der Waals surface area contributed by atoms with Crippen LogP contribution >= 0.6 is 11.3 Å². The molecule has 0 N–H and O–H groups in total. The first-order valence-electron chi connectivity index (χ1n) is 20.1. The van der Waals surface area contributed by atoms with Crippen LogP contribution in [0.1, 0.15) is 0 Å². The summed E-state index contributed by atoms with van der Waals surface area (Å²) in [4.78, 5) is 2.54. The predicted octanol–water partition coefficient (Wildman–Crippen LogP) is 16.7. The van der Waals surface area contributed by atoms with Gasteiger partial charge in [0.15, 0.2) is 0 Å². The van der Waals surface area contributed by atoms with Crippen molar-refractivity contribution in [3.05, 3.63) is 212 Å². The molecular weight excluding hydrogens is 735 g/mol. The second kappa shape index (κ2) is 13.6. The summed E-state index contributed by atoms with van der Waals surface area (Å²) in [5.41, 5.74) is 12.1. The fourth-order valence-electron chi connectivity index (χ4n) is 9.32. The summed E-state index contributed by atoms with van der Waals surface area (Å²) in [5, 5.41) is 9.69. The standard InChI is InChI=1S/C56H35NOS/c1-2-17-36(18-3-1)53-44-25-6-4-21-40(44)41-22-5-7-26-45(41)55(53)57(38-20-14-19-37(35-38)39-28-16-33-51-54(39)48-27-9-12-32-50(48)58-51)49-31-11-8-23-42(49)46-29-15-30-47-43-24-10-13-34-52(43)59-56(46)47/h1-35H. The Kier molecular flexibility index (Phi) is 7.75. The number of benzene rings is 10. The molecule has 0 radical (unpaired) electrons. The molecule has 10 aromatic carbocycles. The van der Waals surface area contributed by atoms with Crippen molar-refractivity contribution in [1.29, 1.82) is 0 Å². The van der Waals surface area contributed by atoms with Gasteiger partial charge in [0, 0.05) is 58.7 Å². The fourth-order valence-corrected chi connectivity index (χ4v) is 10.6. The van der Waals surface area contributed by atoms with Crippen molar-refractivity contribution >= 4 is 92.1 Å². The van der Waals surface area contributed by atoms with E-state index in [-0.39, 0.29) is 0 Å². The van der Waals surface area contributed by atoms with E-state index in [1.54, 1.807) is 0 Å². The summed E-state index contributed by atoms with van der Waals surface area (Å²) in [5.74, 6) is 0. The third-order valence-corrected chi connectivity index (χ3v) is 13.1. The van der Waals surface area contributed by atoms with Gasteiger partial charge in [-0.1, -0.05) is 176 Å². The van der Waals surface area contributed by atoms with Crippen molar-refractivity contribution in [2.75, 3.05) is 4.90 Å². The Labute approximate surface area is 345 Å². The molecule has 2 aromatic heterocycles. The van der Waals surface area contributed by atoms with E-state index in [1.807, 2.05) is 17.4 Å². The van der Waals surface area contributed by atoms with Gasteiger partial charge in [0.2, 0.25) is 0 Å². The monoisotopic (exact) mass is 769 g/mol. The molecule has 3 heteroatoms. The van der Waals surface area contributed by atoms with Gasteiger partial charge in [-0.15, -0.1) is 11.3 Å². The molecule has 0 saturated heterocycles. The predicted molar refractivity (Wildman–Crippen MR) is 253 cm³/mol. The Morgan fingerprint density at radius 1 is 0.373 bits per heavy atom. The number of fused-ring (bicyclic) bond motifs is 9. The van der Waals surface area contributed by atoms with Gasteiger partial charge < -0.3 is 9.32 Å². The maximum atomic E-state index is 6.40. The minimum absolute atomic E-state index is 0.889. The quantitative estimate of drug-likeness (QED) is 0.157. The third kappa shape index (κ3) is 5.33. The van der Waals surface area contributed by atoms with Crippen LogP contribution in [0.25, 0.3) is 97.0 Å². The van der Waals surface area contributed by atoms with Crippen LogP contribution < -0.4 is 4.90 Å². The second-order valence-electron chi connectivity index (χ2n) is 15.1. The summed E-state index contributed by atoms with van der Waals surface area (Å²) in [6, 6.07) is 77.1. The largest absolute Gasteiger partial charge is 0.456 e. The molecule has 0 amide bonds. The van der Waals surface area contributed by atoms with Crippen molar-refractivity contribution in [1.82, 2.24) is 0 Å². The summed E-state index contributed by atoms with van der Waals surface area (Å²) in [7, 11) is 0. The van der Waals surface area contributed by atoms with E-state index >= 15 is 0 Å².